The number of amides is 1. The quantitative estimate of drug-likeness (QED) is 0.271. The van der Waals surface area contributed by atoms with E-state index in [4.69, 9.17) is 0 Å². The number of benzene rings is 1. The van der Waals surface area contributed by atoms with Crippen molar-refractivity contribution in [2.75, 3.05) is 0 Å². The lowest BCUT2D eigenvalue weighted by atomic mass is 10.0. The van der Waals surface area contributed by atoms with Crippen molar-refractivity contribution in [1.82, 2.24) is 25.5 Å². The van der Waals surface area contributed by atoms with Crippen LogP contribution in [0.3, 0.4) is 0 Å². The van der Waals surface area contributed by atoms with E-state index in [1.807, 2.05) is 50.3 Å². The zero-order chi connectivity index (χ0) is 27.5. The van der Waals surface area contributed by atoms with Crippen molar-refractivity contribution in [2.45, 2.75) is 26.7 Å². The molecule has 5 rings (SSSR count). The Morgan fingerprint density at radius 1 is 1.15 bits per heavy atom. The van der Waals surface area contributed by atoms with Crippen LogP contribution in [0.4, 0.5) is 4.39 Å². The molecule has 0 saturated heterocycles. The van der Waals surface area contributed by atoms with Gasteiger partial charge in [-0.15, -0.1) is 0 Å². The molecule has 196 valence electrons. The Balaban J connectivity index is 1.54. The smallest absolute Gasteiger partial charge is 0.227 e. The number of hydrogen-bond acceptors (Lipinski definition) is 3. The number of rotatable bonds is 8. The number of fused-ring (bicyclic) bond motifs is 1. The van der Waals surface area contributed by atoms with Gasteiger partial charge in [-0.25, -0.2) is 4.39 Å². The van der Waals surface area contributed by atoms with Crippen LogP contribution in [0.5, 0.6) is 0 Å². The summed E-state index contributed by atoms with van der Waals surface area (Å²) in [4.78, 5) is 20.3. The van der Waals surface area contributed by atoms with Gasteiger partial charge in [-0.3, -0.25) is 14.9 Å². The van der Waals surface area contributed by atoms with Crippen LogP contribution in [0.25, 0.3) is 45.7 Å². The molecule has 6 nitrogen and oxygen atoms in total. The zero-order valence-electron chi connectivity index (χ0n) is 22.0. The molecule has 0 aliphatic heterocycles. The fraction of sp³-hybridized carbons (Fsp3) is 0.156. The fourth-order valence-electron chi connectivity index (χ4n) is 4.48. The van der Waals surface area contributed by atoms with Crippen LogP contribution in [0.1, 0.15) is 26.7 Å². The Kier molecular flexibility index (Phi) is 7.23. The van der Waals surface area contributed by atoms with Crippen LogP contribution in [0.2, 0.25) is 0 Å². The molecule has 0 unspecified atom stereocenters. The van der Waals surface area contributed by atoms with Gasteiger partial charge in [-0.05, 0) is 92.5 Å². The monoisotopic (exact) mass is 519 g/mol. The third-order valence-electron chi connectivity index (χ3n) is 6.79. The SMILES string of the molecule is C=C/C(=C\C(=C/C)C(=C)/C=c1/c(-c2cc3c(-c4ccc(F)cc4)nccc3[nH]2)n[nH]/c1=C/C)NC(=O)C1CC1. The maximum atomic E-state index is 13.5. The van der Waals surface area contributed by atoms with E-state index < -0.39 is 0 Å². The number of nitrogens with zero attached hydrogens (tertiary/aromatic N) is 2. The van der Waals surface area contributed by atoms with Crippen molar-refractivity contribution in [3.63, 3.8) is 0 Å². The molecule has 1 fully saturated rings. The first-order chi connectivity index (χ1) is 18.9. The van der Waals surface area contributed by atoms with Crippen LogP contribution >= 0.6 is 0 Å². The summed E-state index contributed by atoms with van der Waals surface area (Å²) in [5, 5.41) is 13.3. The molecule has 7 heteroatoms. The van der Waals surface area contributed by atoms with Gasteiger partial charge in [0.25, 0.3) is 0 Å². The van der Waals surface area contributed by atoms with Crippen LogP contribution in [-0.2, 0) is 4.79 Å². The lowest BCUT2D eigenvalue weighted by molar-refractivity contribution is -0.121. The van der Waals surface area contributed by atoms with E-state index in [2.05, 4.69) is 38.6 Å². The van der Waals surface area contributed by atoms with Crippen LogP contribution in [0.15, 0.2) is 90.8 Å². The highest BCUT2D eigenvalue weighted by Gasteiger charge is 2.29. The third-order valence-corrected chi connectivity index (χ3v) is 6.79. The lowest BCUT2D eigenvalue weighted by Gasteiger charge is -2.08. The Bertz CT molecular complexity index is 1770. The highest BCUT2D eigenvalue weighted by Crippen LogP contribution is 2.30. The third kappa shape index (κ3) is 5.43. The first-order valence-corrected chi connectivity index (χ1v) is 12.9. The summed E-state index contributed by atoms with van der Waals surface area (Å²) in [6, 6.07) is 10.2. The molecule has 39 heavy (non-hydrogen) atoms. The molecule has 3 heterocycles. The normalized spacial score (nSPS) is 15.2. The molecule has 1 saturated carbocycles. The van der Waals surface area contributed by atoms with E-state index in [-0.39, 0.29) is 17.6 Å². The summed E-state index contributed by atoms with van der Waals surface area (Å²) < 4.78 is 13.5. The van der Waals surface area contributed by atoms with Crippen molar-refractivity contribution in [3.05, 3.63) is 107 Å². The average Bonchev–Trinajstić information content (AvgIpc) is 3.59. The van der Waals surface area contributed by atoms with Gasteiger partial charge in [0, 0.05) is 39.5 Å². The number of aromatic amines is 2. The Morgan fingerprint density at radius 2 is 1.92 bits per heavy atom. The predicted molar refractivity (Wildman–Crippen MR) is 155 cm³/mol. The first kappa shape index (κ1) is 25.9. The minimum Gasteiger partial charge on any atom is -0.353 e. The summed E-state index contributed by atoms with van der Waals surface area (Å²) >= 11 is 0. The summed E-state index contributed by atoms with van der Waals surface area (Å²) in [5.41, 5.74) is 6.28. The topological polar surface area (TPSA) is 86.5 Å². The molecular weight excluding hydrogens is 489 g/mol. The van der Waals surface area contributed by atoms with E-state index in [0.29, 0.717) is 5.70 Å². The Hall–Kier alpha value is -4.78. The van der Waals surface area contributed by atoms with Crippen LogP contribution in [0, 0.1) is 11.7 Å². The van der Waals surface area contributed by atoms with E-state index in [1.54, 1.807) is 24.4 Å². The molecule has 3 N–H and O–H groups in total. The number of carbonyl (C=O) groups is 1. The number of allylic oxidation sites excluding steroid dienone is 5. The second-order valence-corrected chi connectivity index (χ2v) is 9.48. The van der Waals surface area contributed by atoms with Crippen molar-refractivity contribution in [3.8, 4) is 22.6 Å². The molecule has 1 aliphatic carbocycles. The van der Waals surface area contributed by atoms with Gasteiger partial charge >= 0.3 is 0 Å². The summed E-state index contributed by atoms with van der Waals surface area (Å²) in [6.45, 7) is 12.0. The number of H-pyrrole nitrogens is 2. The van der Waals surface area contributed by atoms with Gasteiger partial charge in [0.2, 0.25) is 5.91 Å². The van der Waals surface area contributed by atoms with Gasteiger partial charge in [0.05, 0.1) is 16.7 Å². The molecule has 0 spiro atoms. The molecule has 0 radical (unpaired) electrons. The van der Waals surface area contributed by atoms with Crippen LogP contribution in [-0.4, -0.2) is 26.1 Å². The highest BCUT2D eigenvalue weighted by molar-refractivity contribution is 5.96. The largest absolute Gasteiger partial charge is 0.353 e. The fourth-order valence-corrected chi connectivity index (χ4v) is 4.48. The number of carbonyl (C=O) groups excluding carboxylic acids is 1. The summed E-state index contributed by atoms with van der Waals surface area (Å²) in [5.74, 6) is -0.162. The van der Waals surface area contributed by atoms with Crippen molar-refractivity contribution in [1.29, 1.82) is 0 Å². The second kappa shape index (κ2) is 10.9. The van der Waals surface area contributed by atoms with Crippen molar-refractivity contribution in [2.24, 2.45) is 5.92 Å². The van der Waals surface area contributed by atoms with Crippen molar-refractivity contribution >= 4 is 29.0 Å². The Morgan fingerprint density at radius 3 is 2.59 bits per heavy atom. The maximum absolute atomic E-state index is 13.5. The standard InChI is InChI=1S/C32H30FN5O/c1-5-20(17-24(6-2)35-32(39)22-8-9-22)19(4)16-25-27(7-3)37-38-31(25)29-18-26-28(36-29)14-15-34-30(26)21-10-12-23(33)13-11-21/h5-7,10-18,22,36-37H,2,4,8-9H2,1,3H3,(H,35,39)/b20-5+,24-17+,25-16+,27-7+. The van der Waals surface area contributed by atoms with Gasteiger partial charge in [-0.1, -0.05) is 25.3 Å². The van der Waals surface area contributed by atoms with Gasteiger partial charge in [-0.2, -0.15) is 5.10 Å². The molecule has 0 atom stereocenters. The van der Waals surface area contributed by atoms with E-state index >= 15 is 0 Å². The summed E-state index contributed by atoms with van der Waals surface area (Å²) in [6.07, 6.45) is 13.0. The number of hydrogen-bond donors (Lipinski definition) is 3. The minimum atomic E-state index is -0.290. The second-order valence-electron chi connectivity index (χ2n) is 9.48. The van der Waals surface area contributed by atoms with Crippen LogP contribution < -0.4 is 15.9 Å². The minimum absolute atomic E-state index is 0.0273. The average molecular weight is 520 g/mol. The number of halogens is 1. The molecule has 3 aromatic heterocycles. The van der Waals surface area contributed by atoms with E-state index in [1.165, 1.54) is 12.1 Å². The maximum Gasteiger partial charge on any atom is 0.227 e. The predicted octanol–water partition coefficient (Wildman–Crippen LogP) is 5.44. The zero-order valence-corrected chi connectivity index (χ0v) is 22.0. The van der Waals surface area contributed by atoms with Gasteiger partial charge in [0.1, 0.15) is 11.5 Å². The molecule has 4 aromatic rings. The molecule has 1 amide bonds. The molecule has 1 aromatic carbocycles. The lowest BCUT2D eigenvalue weighted by Crippen LogP contribution is -2.24. The number of aromatic nitrogens is 4. The van der Waals surface area contributed by atoms with Gasteiger partial charge in [0.15, 0.2) is 0 Å². The molecule has 0 bridgehead atoms. The molecular formula is C32H30FN5O. The van der Waals surface area contributed by atoms with E-state index in [9.17, 15) is 9.18 Å². The van der Waals surface area contributed by atoms with E-state index in [0.717, 1.165) is 68.1 Å². The number of nitrogens with one attached hydrogen (secondary N) is 3. The molecule has 1 aliphatic rings. The van der Waals surface area contributed by atoms with Crippen molar-refractivity contribution < 1.29 is 9.18 Å². The first-order valence-electron chi connectivity index (χ1n) is 12.9. The Labute approximate surface area is 226 Å². The summed E-state index contributed by atoms with van der Waals surface area (Å²) in [7, 11) is 0. The van der Waals surface area contributed by atoms with Gasteiger partial charge < -0.3 is 10.3 Å². The highest BCUT2D eigenvalue weighted by atomic mass is 19.1. The number of pyridine rings is 1.